The fourth-order valence-electron chi connectivity index (χ4n) is 2.33. The molecule has 0 fully saturated rings. The van der Waals surface area contributed by atoms with E-state index in [2.05, 4.69) is 5.32 Å². The smallest absolute Gasteiger partial charge is 0.239 e. The zero-order valence-corrected chi connectivity index (χ0v) is 13.0. The van der Waals surface area contributed by atoms with Crippen LogP contribution in [0.15, 0.2) is 12.1 Å². The van der Waals surface area contributed by atoms with Gasteiger partial charge in [-0.25, -0.2) is 0 Å². The first-order valence-electron chi connectivity index (χ1n) is 6.25. The average Bonchev–Trinajstić information content (AvgIpc) is 2.44. The van der Waals surface area contributed by atoms with Crippen LogP contribution in [0.1, 0.15) is 11.1 Å². The van der Waals surface area contributed by atoms with Gasteiger partial charge in [-0.2, -0.15) is 0 Å². The SMILES string of the molecule is COc1cc2c(cc1OC)C[C@@H](C(=O)N(C)C)NC2.Cl. The van der Waals surface area contributed by atoms with Gasteiger partial charge in [0, 0.05) is 20.6 Å². The predicted molar refractivity (Wildman–Crippen MR) is 79.8 cm³/mol. The summed E-state index contributed by atoms with van der Waals surface area (Å²) in [5.74, 6) is 1.53. The van der Waals surface area contributed by atoms with Crippen molar-refractivity contribution in [1.29, 1.82) is 0 Å². The summed E-state index contributed by atoms with van der Waals surface area (Å²) in [5.41, 5.74) is 2.29. The number of amides is 1. The van der Waals surface area contributed by atoms with Crippen molar-refractivity contribution in [2.75, 3.05) is 28.3 Å². The van der Waals surface area contributed by atoms with E-state index in [4.69, 9.17) is 9.47 Å². The van der Waals surface area contributed by atoms with Crippen molar-refractivity contribution in [3.8, 4) is 11.5 Å². The third-order valence-corrected chi connectivity index (χ3v) is 3.41. The van der Waals surface area contributed by atoms with Crippen molar-refractivity contribution < 1.29 is 14.3 Å². The lowest BCUT2D eigenvalue weighted by Crippen LogP contribution is -2.47. The molecule has 0 saturated carbocycles. The summed E-state index contributed by atoms with van der Waals surface area (Å²) in [6.45, 7) is 0.667. The lowest BCUT2D eigenvalue weighted by molar-refractivity contribution is -0.131. The van der Waals surface area contributed by atoms with Gasteiger partial charge in [0.1, 0.15) is 0 Å². The summed E-state index contributed by atoms with van der Waals surface area (Å²) in [6.07, 6.45) is 0.673. The molecule has 1 heterocycles. The Morgan fingerprint density at radius 3 is 2.25 bits per heavy atom. The van der Waals surface area contributed by atoms with Gasteiger partial charge < -0.3 is 19.7 Å². The minimum atomic E-state index is -0.166. The minimum Gasteiger partial charge on any atom is -0.493 e. The number of rotatable bonds is 3. The van der Waals surface area contributed by atoms with E-state index in [1.54, 1.807) is 33.2 Å². The molecule has 1 aliphatic rings. The minimum absolute atomic E-state index is 0. The van der Waals surface area contributed by atoms with Gasteiger partial charge in [-0.05, 0) is 29.7 Å². The Balaban J connectivity index is 0.00000200. The number of ether oxygens (including phenoxy) is 2. The van der Waals surface area contributed by atoms with Crippen LogP contribution in [0, 0.1) is 0 Å². The second-order valence-corrected chi connectivity index (χ2v) is 4.85. The highest BCUT2D eigenvalue weighted by molar-refractivity contribution is 5.85. The Hall–Kier alpha value is -1.46. The van der Waals surface area contributed by atoms with Crippen LogP contribution in [0.25, 0.3) is 0 Å². The number of nitrogens with one attached hydrogen (secondary N) is 1. The number of hydrogen-bond donors (Lipinski definition) is 1. The van der Waals surface area contributed by atoms with E-state index < -0.39 is 0 Å². The zero-order valence-electron chi connectivity index (χ0n) is 12.2. The van der Waals surface area contributed by atoms with Crippen LogP contribution in [-0.4, -0.2) is 45.2 Å². The molecular weight excluding hydrogens is 280 g/mol. The van der Waals surface area contributed by atoms with Crippen LogP contribution < -0.4 is 14.8 Å². The Bertz CT molecular complexity index is 492. The topological polar surface area (TPSA) is 50.8 Å². The molecule has 0 aliphatic carbocycles. The second-order valence-electron chi connectivity index (χ2n) is 4.85. The molecule has 2 rings (SSSR count). The van der Waals surface area contributed by atoms with E-state index in [0.29, 0.717) is 18.7 Å². The van der Waals surface area contributed by atoms with Gasteiger partial charge in [-0.15, -0.1) is 12.4 Å². The molecule has 0 saturated heterocycles. The van der Waals surface area contributed by atoms with E-state index in [-0.39, 0.29) is 24.4 Å². The highest BCUT2D eigenvalue weighted by Crippen LogP contribution is 2.32. The lowest BCUT2D eigenvalue weighted by Gasteiger charge is -2.28. The van der Waals surface area contributed by atoms with Gasteiger partial charge in [0.2, 0.25) is 5.91 Å². The molecule has 5 nitrogen and oxygen atoms in total. The molecule has 0 unspecified atom stereocenters. The fraction of sp³-hybridized carbons (Fsp3) is 0.500. The van der Waals surface area contributed by atoms with Crippen molar-refractivity contribution in [1.82, 2.24) is 10.2 Å². The predicted octanol–water partition coefficient (Wildman–Crippen LogP) is 1.23. The number of fused-ring (bicyclic) bond motifs is 1. The van der Waals surface area contributed by atoms with E-state index in [1.807, 2.05) is 12.1 Å². The van der Waals surface area contributed by atoms with Crippen LogP contribution in [-0.2, 0) is 17.8 Å². The molecular formula is C14H21ClN2O3. The Morgan fingerprint density at radius 2 is 1.75 bits per heavy atom. The first-order valence-corrected chi connectivity index (χ1v) is 6.25. The Kier molecular flexibility index (Phi) is 5.65. The molecule has 1 atom stereocenters. The average molecular weight is 301 g/mol. The molecule has 1 N–H and O–H groups in total. The highest BCUT2D eigenvalue weighted by Gasteiger charge is 2.26. The van der Waals surface area contributed by atoms with Crippen LogP contribution in [0.5, 0.6) is 11.5 Å². The number of hydrogen-bond acceptors (Lipinski definition) is 4. The first kappa shape index (κ1) is 16.6. The van der Waals surface area contributed by atoms with Crippen LogP contribution in [0.4, 0.5) is 0 Å². The maximum absolute atomic E-state index is 12.0. The summed E-state index contributed by atoms with van der Waals surface area (Å²) in [5, 5.41) is 3.26. The summed E-state index contributed by atoms with van der Waals surface area (Å²) in [6, 6.07) is 3.77. The number of carbonyl (C=O) groups is 1. The Morgan fingerprint density at radius 1 is 1.20 bits per heavy atom. The van der Waals surface area contributed by atoms with Gasteiger partial charge >= 0.3 is 0 Å². The van der Waals surface area contributed by atoms with Gasteiger partial charge in [0.05, 0.1) is 20.3 Å². The second kappa shape index (κ2) is 6.81. The number of nitrogens with zero attached hydrogens (tertiary/aromatic N) is 1. The normalized spacial score (nSPS) is 16.7. The molecule has 1 aromatic carbocycles. The van der Waals surface area contributed by atoms with Crippen molar-refractivity contribution in [3.05, 3.63) is 23.3 Å². The molecule has 0 aromatic heterocycles. The molecule has 0 bridgehead atoms. The molecule has 1 amide bonds. The van der Waals surface area contributed by atoms with E-state index in [9.17, 15) is 4.79 Å². The van der Waals surface area contributed by atoms with E-state index in [1.165, 1.54) is 0 Å². The third-order valence-electron chi connectivity index (χ3n) is 3.41. The van der Waals surface area contributed by atoms with Crippen molar-refractivity contribution in [2.24, 2.45) is 0 Å². The highest BCUT2D eigenvalue weighted by atomic mass is 35.5. The van der Waals surface area contributed by atoms with Gasteiger partial charge in [-0.1, -0.05) is 0 Å². The monoisotopic (exact) mass is 300 g/mol. The van der Waals surface area contributed by atoms with Gasteiger partial charge in [-0.3, -0.25) is 4.79 Å². The number of benzene rings is 1. The van der Waals surface area contributed by atoms with Gasteiger partial charge in [0.15, 0.2) is 11.5 Å². The van der Waals surface area contributed by atoms with Gasteiger partial charge in [0.25, 0.3) is 0 Å². The van der Waals surface area contributed by atoms with E-state index >= 15 is 0 Å². The summed E-state index contributed by atoms with van der Waals surface area (Å²) in [4.78, 5) is 13.6. The standard InChI is InChI=1S/C14H20N2O3.ClH/c1-16(2)14(17)11-5-9-6-12(18-3)13(19-4)7-10(9)8-15-11;/h6-7,11,15H,5,8H2,1-4H3;1H/t11-;/m0./s1. The molecule has 112 valence electrons. The molecule has 1 aromatic rings. The van der Waals surface area contributed by atoms with Crippen LogP contribution >= 0.6 is 12.4 Å². The molecule has 0 spiro atoms. The summed E-state index contributed by atoms with van der Waals surface area (Å²) < 4.78 is 10.6. The number of carbonyl (C=O) groups excluding carboxylic acids is 1. The van der Waals surface area contributed by atoms with Crippen LogP contribution in [0.3, 0.4) is 0 Å². The molecule has 0 radical (unpaired) electrons. The maximum atomic E-state index is 12.0. The van der Waals surface area contributed by atoms with Crippen molar-refractivity contribution >= 4 is 18.3 Å². The van der Waals surface area contributed by atoms with Crippen molar-refractivity contribution in [3.63, 3.8) is 0 Å². The van der Waals surface area contributed by atoms with Crippen molar-refractivity contribution in [2.45, 2.75) is 19.0 Å². The third kappa shape index (κ3) is 3.16. The fourth-order valence-corrected chi connectivity index (χ4v) is 2.33. The molecule has 6 heteroatoms. The van der Waals surface area contributed by atoms with Crippen LogP contribution in [0.2, 0.25) is 0 Å². The van der Waals surface area contributed by atoms with E-state index in [0.717, 1.165) is 16.9 Å². The maximum Gasteiger partial charge on any atom is 0.239 e. The first-order chi connectivity index (χ1) is 9.06. The largest absolute Gasteiger partial charge is 0.493 e. The number of likely N-dealkylation sites (N-methyl/N-ethyl adjacent to an activating group) is 1. The number of halogens is 1. The summed E-state index contributed by atoms with van der Waals surface area (Å²) >= 11 is 0. The zero-order chi connectivity index (χ0) is 14.0. The summed E-state index contributed by atoms with van der Waals surface area (Å²) in [7, 11) is 6.79. The number of methoxy groups -OCH3 is 2. The lowest BCUT2D eigenvalue weighted by atomic mass is 9.94. The quantitative estimate of drug-likeness (QED) is 0.912. The molecule has 20 heavy (non-hydrogen) atoms. The molecule has 1 aliphatic heterocycles. The Labute approximate surface area is 125 Å².